The molecule has 0 aliphatic heterocycles. The van der Waals surface area contributed by atoms with Gasteiger partial charge in [-0.2, -0.15) is 0 Å². The van der Waals surface area contributed by atoms with Gasteiger partial charge in [0.15, 0.2) is 0 Å². The van der Waals surface area contributed by atoms with Gasteiger partial charge in [0.05, 0.1) is 11.5 Å². The predicted octanol–water partition coefficient (Wildman–Crippen LogP) is 2.64. The molecular weight excluding hydrogens is 298 g/mol. The first-order chi connectivity index (χ1) is 9.45. The van der Waals surface area contributed by atoms with Crippen molar-refractivity contribution in [2.75, 3.05) is 13.6 Å². The summed E-state index contributed by atoms with van der Waals surface area (Å²) in [6.45, 7) is 0.360. The molecule has 1 saturated carbocycles. The van der Waals surface area contributed by atoms with Crippen molar-refractivity contribution in [3.63, 3.8) is 0 Å². The highest BCUT2D eigenvalue weighted by Crippen LogP contribution is 2.28. The molecule has 2 rings (SSSR count). The molecular formula is C14H20ClNO3S. The SMILES string of the molecule is CN(CC1CCCC1)S(=O)(=O)c1ccc(CO)c(Cl)c1. The lowest BCUT2D eigenvalue weighted by Gasteiger charge is -2.21. The van der Waals surface area contributed by atoms with Crippen LogP contribution >= 0.6 is 11.6 Å². The summed E-state index contributed by atoms with van der Waals surface area (Å²) < 4.78 is 26.4. The molecule has 0 spiro atoms. The van der Waals surface area contributed by atoms with Gasteiger partial charge >= 0.3 is 0 Å². The van der Waals surface area contributed by atoms with Gasteiger partial charge in [0.25, 0.3) is 0 Å². The maximum absolute atomic E-state index is 12.5. The Morgan fingerprint density at radius 2 is 2.00 bits per heavy atom. The second-order valence-corrected chi connectivity index (χ2v) is 7.80. The molecule has 1 aliphatic carbocycles. The van der Waals surface area contributed by atoms with E-state index in [4.69, 9.17) is 16.7 Å². The highest BCUT2D eigenvalue weighted by Gasteiger charge is 2.25. The summed E-state index contributed by atoms with van der Waals surface area (Å²) in [6, 6.07) is 4.46. The van der Waals surface area contributed by atoms with Crippen LogP contribution < -0.4 is 0 Å². The Balaban J connectivity index is 2.18. The standard InChI is InChI=1S/C14H20ClNO3S/c1-16(9-11-4-2-3-5-11)20(18,19)13-7-6-12(10-17)14(15)8-13/h6-8,11,17H,2-5,9-10H2,1H3. The molecule has 0 amide bonds. The summed E-state index contributed by atoms with van der Waals surface area (Å²) in [7, 11) is -1.89. The summed E-state index contributed by atoms with van der Waals surface area (Å²) in [5, 5.41) is 9.35. The van der Waals surface area contributed by atoms with Gasteiger partial charge in [0, 0.05) is 18.6 Å². The van der Waals surface area contributed by atoms with Crippen LogP contribution in [0.4, 0.5) is 0 Å². The topological polar surface area (TPSA) is 57.6 Å². The Bertz CT molecular complexity index is 568. The van der Waals surface area contributed by atoms with Crippen LogP contribution in [0, 0.1) is 5.92 Å². The highest BCUT2D eigenvalue weighted by atomic mass is 35.5. The lowest BCUT2D eigenvalue weighted by Crippen LogP contribution is -2.31. The molecule has 0 radical (unpaired) electrons. The Kier molecular flexibility index (Phi) is 5.07. The van der Waals surface area contributed by atoms with Gasteiger partial charge in [-0.1, -0.05) is 30.5 Å². The second-order valence-electron chi connectivity index (χ2n) is 5.35. The molecule has 0 aromatic heterocycles. The minimum absolute atomic E-state index is 0.181. The third-order valence-corrected chi connectivity index (χ3v) is 6.06. The van der Waals surface area contributed by atoms with E-state index < -0.39 is 10.0 Å². The smallest absolute Gasteiger partial charge is 0.242 e. The summed E-state index contributed by atoms with van der Waals surface area (Å²) in [4.78, 5) is 0.181. The third kappa shape index (κ3) is 3.34. The van der Waals surface area contributed by atoms with Crippen molar-refractivity contribution in [1.29, 1.82) is 0 Å². The number of aliphatic hydroxyl groups is 1. The Labute approximate surface area is 125 Å². The first-order valence-corrected chi connectivity index (χ1v) is 8.62. The number of aliphatic hydroxyl groups excluding tert-OH is 1. The fourth-order valence-electron chi connectivity index (χ4n) is 2.65. The van der Waals surface area contributed by atoms with Crippen LogP contribution in [0.3, 0.4) is 0 Å². The number of rotatable bonds is 5. The number of hydrogen-bond donors (Lipinski definition) is 1. The van der Waals surface area contributed by atoms with Crippen molar-refractivity contribution < 1.29 is 13.5 Å². The largest absolute Gasteiger partial charge is 0.392 e. The van der Waals surface area contributed by atoms with Crippen molar-refractivity contribution in [3.05, 3.63) is 28.8 Å². The maximum atomic E-state index is 12.5. The minimum atomic E-state index is -3.51. The van der Waals surface area contributed by atoms with Gasteiger partial charge in [-0.15, -0.1) is 0 Å². The molecule has 0 saturated heterocycles. The van der Waals surface area contributed by atoms with Crippen LogP contribution in [0.15, 0.2) is 23.1 Å². The van der Waals surface area contributed by atoms with E-state index in [0.717, 1.165) is 12.8 Å². The van der Waals surface area contributed by atoms with Crippen LogP contribution in [-0.2, 0) is 16.6 Å². The molecule has 1 aromatic carbocycles. The van der Waals surface area contributed by atoms with Crippen LogP contribution in [0.2, 0.25) is 5.02 Å². The Morgan fingerprint density at radius 3 is 2.55 bits per heavy atom. The summed E-state index contributed by atoms with van der Waals surface area (Å²) >= 11 is 5.97. The first kappa shape index (κ1) is 15.8. The lowest BCUT2D eigenvalue weighted by molar-refractivity contribution is 0.282. The average Bonchev–Trinajstić information content (AvgIpc) is 2.91. The van der Waals surface area contributed by atoms with Gasteiger partial charge in [-0.3, -0.25) is 0 Å². The zero-order chi connectivity index (χ0) is 14.8. The summed E-state index contributed by atoms with van der Waals surface area (Å²) in [6.07, 6.45) is 4.58. The average molecular weight is 318 g/mol. The van der Waals surface area contributed by atoms with E-state index >= 15 is 0 Å². The molecule has 20 heavy (non-hydrogen) atoms. The van der Waals surface area contributed by atoms with Crippen molar-refractivity contribution in [1.82, 2.24) is 4.31 Å². The van der Waals surface area contributed by atoms with E-state index in [1.165, 1.54) is 29.3 Å². The van der Waals surface area contributed by atoms with E-state index in [2.05, 4.69) is 0 Å². The molecule has 112 valence electrons. The summed E-state index contributed by atoms with van der Waals surface area (Å²) in [5.41, 5.74) is 0.532. The molecule has 1 N–H and O–H groups in total. The summed E-state index contributed by atoms with van der Waals surface area (Å²) in [5.74, 6) is 0.460. The fraction of sp³-hybridized carbons (Fsp3) is 0.571. The number of sulfonamides is 1. The van der Waals surface area contributed by atoms with E-state index in [-0.39, 0.29) is 16.5 Å². The van der Waals surface area contributed by atoms with Gasteiger partial charge < -0.3 is 5.11 Å². The fourth-order valence-corrected chi connectivity index (χ4v) is 4.23. The van der Waals surface area contributed by atoms with Gasteiger partial charge in [-0.25, -0.2) is 12.7 Å². The molecule has 0 unspecified atom stereocenters. The van der Waals surface area contributed by atoms with Gasteiger partial charge in [-0.05, 0) is 36.5 Å². The van der Waals surface area contributed by atoms with Crippen molar-refractivity contribution in [3.8, 4) is 0 Å². The van der Waals surface area contributed by atoms with Crippen LogP contribution in [0.1, 0.15) is 31.2 Å². The van der Waals surface area contributed by atoms with E-state index in [1.807, 2.05) is 0 Å². The Morgan fingerprint density at radius 1 is 1.35 bits per heavy atom. The number of nitrogens with zero attached hydrogens (tertiary/aromatic N) is 1. The van der Waals surface area contributed by atoms with E-state index in [0.29, 0.717) is 18.0 Å². The monoisotopic (exact) mass is 317 g/mol. The molecule has 0 heterocycles. The zero-order valence-corrected chi connectivity index (χ0v) is 13.1. The van der Waals surface area contributed by atoms with E-state index in [1.54, 1.807) is 13.1 Å². The molecule has 1 aliphatic rings. The van der Waals surface area contributed by atoms with Crippen LogP contribution in [0.5, 0.6) is 0 Å². The second kappa shape index (κ2) is 6.43. The molecule has 0 bridgehead atoms. The molecule has 1 fully saturated rings. The predicted molar refractivity (Wildman–Crippen MR) is 79.1 cm³/mol. The zero-order valence-electron chi connectivity index (χ0n) is 11.5. The van der Waals surface area contributed by atoms with Crippen molar-refractivity contribution >= 4 is 21.6 Å². The number of halogens is 1. The van der Waals surface area contributed by atoms with E-state index in [9.17, 15) is 8.42 Å². The number of hydrogen-bond acceptors (Lipinski definition) is 3. The third-order valence-electron chi connectivity index (χ3n) is 3.89. The van der Waals surface area contributed by atoms with Crippen LogP contribution in [-0.4, -0.2) is 31.4 Å². The van der Waals surface area contributed by atoms with Crippen molar-refractivity contribution in [2.45, 2.75) is 37.2 Å². The minimum Gasteiger partial charge on any atom is -0.392 e. The first-order valence-electron chi connectivity index (χ1n) is 6.81. The molecule has 4 nitrogen and oxygen atoms in total. The molecule has 0 atom stereocenters. The normalized spacial score (nSPS) is 17.0. The van der Waals surface area contributed by atoms with Crippen molar-refractivity contribution in [2.24, 2.45) is 5.92 Å². The Hall–Kier alpha value is -0.620. The van der Waals surface area contributed by atoms with Crippen LogP contribution in [0.25, 0.3) is 0 Å². The maximum Gasteiger partial charge on any atom is 0.242 e. The van der Waals surface area contributed by atoms with Gasteiger partial charge in [0.2, 0.25) is 10.0 Å². The quantitative estimate of drug-likeness (QED) is 0.908. The number of benzene rings is 1. The lowest BCUT2D eigenvalue weighted by atomic mass is 10.1. The molecule has 1 aromatic rings. The molecule has 6 heteroatoms. The highest BCUT2D eigenvalue weighted by molar-refractivity contribution is 7.89. The van der Waals surface area contributed by atoms with Gasteiger partial charge in [0.1, 0.15) is 0 Å².